The van der Waals surface area contributed by atoms with Crippen molar-refractivity contribution in [1.29, 1.82) is 0 Å². The van der Waals surface area contributed by atoms with E-state index >= 15 is 0 Å². The van der Waals surface area contributed by atoms with Crippen LogP contribution in [0.5, 0.6) is 0 Å². The molecule has 1 amide bonds. The molecule has 0 saturated carbocycles. The summed E-state index contributed by atoms with van der Waals surface area (Å²) in [5.41, 5.74) is 2.02. The summed E-state index contributed by atoms with van der Waals surface area (Å²) in [4.78, 5) is 23.8. The Morgan fingerprint density at radius 3 is 2.70 bits per heavy atom. The lowest BCUT2D eigenvalue weighted by Gasteiger charge is -2.16. The van der Waals surface area contributed by atoms with Crippen molar-refractivity contribution >= 4 is 17.6 Å². The van der Waals surface area contributed by atoms with Crippen LogP contribution < -0.4 is 10.6 Å². The standard InChI is InChI=1S/C15H20N2O3/c1-9-4-5-11(15(19)20-3)6-13(9)17-14(18)12-8-16-7-10(12)2/h4-6,10,12,16H,7-8H2,1-3H3,(H,17,18)/t10-,12-/m1/s1. The Balaban J connectivity index is 2.16. The van der Waals surface area contributed by atoms with Gasteiger partial charge in [0.05, 0.1) is 18.6 Å². The van der Waals surface area contributed by atoms with Gasteiger partial charge in [-0.25, -0.2) is 4.79 Å². The highest BCUT2D eigenvalue weighted by Crippen LogP contribution is 2.22. The fourth-order valence-electron chi connectivity index (χ4n) is 2.39. The van der Waals surface area contributed by atoms with Crippen LogP contribution in [-0.2, 0) is 9.53 Å². The number of carbonyl (C=O) groups is 2. The summed E-state index contributed by atoms with van der Waals surface area (Å²) in [7, 11) is 1.34. The lowest BCUT2D eigenvalue weighted by Crippen LogP contribution is -2.28. The van der Waals surface area contributed by atoms with Crippen LogP contribution in [0.1, 0.15) is 22.8 Å². The van der Waals surface area contributed by atoms with Crippen LogP contribution in [0.2, 0.25) is 0 Å². The van der Waals surface area contributed by atoms with E-state index in [-0.39, 0.29) is 11.8 Å². The summed E-state index contributed by atoms with van der Waals surface area (Å²) < 4.78 is 4.69. The monoisotopic (exact) mass is 276 g/mol. The maximum Gasteiger partial charge on any atom is 0.337 e. The van der Waals surface area contributed by atoms with Crippen LogP contribution in [0.4, 0.5) is 5.69 Å². The Hall–Kier alpha value is -1.88. The highest BCUT2D eigenvalue weighted by molar-refractivity contribution is 5.96. The zero-order chi connectivity index (χ0) is 14.7. The molecular formula is C15H20N2O3. The van der Waals surface area contributed by atoms with E-state index in [0.29, 0.717) is 23.7 Å². The van der Waals surface area contributed by atoms with Crippen LogP contribution in [-0.4, -0.2) is 32.1 Å². The molecular weight excluding hydrogens is 256 g/mol. The summed E-state index contributed by atoms with van der Waals surface area (Å²) in [5.74, 6) is -0.126. The van der Waals surface area contributed by atoms with Gasteiger partial charge in [0.1, 0.15) is 0 Å². The van der Waals surface area contributed by atoms with E-state index in [1.165, 1.54) is 7.11 Å². The molecule has 1 aliphatic heterocycles. The van der Waals surface area contributed by atoms with Gasteiger partial charge in [-0.3, -0.25) is 4.79 Å². The summed E-state index contributed by atoms with van der Waals surface area (Å²) in [6.07, 6.45) is 0. The fraction of sp³-hybridized carbons (Fsp3) is 0.467. The third kappa shape index (κ3) is 2.99. The number of anilines is 1. The number of amides is 1. The molecule has 2 atom stereocenters. The maximum absolute atomic E-state index is 12.3. The molecule has 1 aromatic carbocycles. The van der Waals surface area contributed by atoms with Crippen LogP contribution >= 0.6 is 0 Å². The van der Waals surface area contributed by atoms with E-state index in [2.05, 4.69) is 17.6 Å². The lowest BCUT2D eigenvalue weighted by molar-refractivity contribution is -0.120. The van der Waals surface area contributed by atoms with Gasteiger partial charge in [0, 0.05) is 12.2 Å². The van der Waals surface area contributed by atoms with Gasteiger partial charge in [0.15, 0.2) is 0 Å². The van der Waals surface area contributed by atoms with Gasteiger partial charge >= 0.3 is 5.97 Å². The minimum atomic E-state index is -0.406. The smallest absolute Gasteiger partial charge is 0.337 e. The third-order valence-corrected chi connectivity index (χ3v) is 3.77. The van der Waals surface area contributed by atoms with Crippen molar-refractivity contribution in [3.05, 3.63) is 29.3 Å². The molecule has 1 fully saturated rings. The molecule has 0 aliphatic carbocycles. The molecule has 1 heterocycles. The van der Waals surface area contributed by atoms with Crippen molar-refractivity contribution in [2.24, 2.45) is 11.8 Å². The predicted octanol–water partition coefficient (Wildman–Crippen LogP) is 1.58. The van der Waals surface area contributed by atoms with Gasteiger partial charge in [0.2, 0.25) is 5.91 Å². The molecule has 5 heteroatoms. The van der Waals surface area contributed by atoms with Crippen LogP contribution in [0.15, 0.2) is 18.2 Å². The van der Waals surface area contributed by atoms with E-state index < -0.39 is 5.97 Å². The van der Waals surface area contributed by atoms with Crippen molar-refractivity contribution in [1.82, 2.24) is 5.32 Å². The molecule has 20 heavy (non-hydrogen) atoms. The molecule has 1 saturated heterocycles. The van der Waals surface area contributed by atoms with Crippen LogP contribution in [0.25, 0.3) is 0 Å². The number of aryl methyl sites for hydroxylation is 1. The number of benzene rings is 1. The molecule has 0 spiro atoms. The van der Waals surface area contributed by atoms with E-state index in [0.717, 1.165) is 12.1 Å². The number of methoxy groups -OCH3 is 1. The van der Waals surface area contributed by atoms with E-state index in [4.69, 9.17) is 4.74 Å². The van der Waals surface area contributed by atoms with Gasteiger partial charge in [-0.05, 0) is 37.1 Å². The highest BCUT2D eigenvalue weighted by Gasteiger charge is 2.29. The Labute approximate surface area is 118 Å². The summed E-state index contributed by atoms with van der Waals surface area (Å²) >= 11 is 0. The van der Waals surface area contributed by atoms with Gasteiger partial charge < -0.3 is 15.4 Å². The van der Waals surface area contributed by atoms with Crippen LogP contribution in [0.3, 0.4) is 0 Å². The summed E-state index contributed by atoms with van der Waals surface area (Å²) in [5, 5.41) is 6.12. The average Bonchev–Trinajstić information content (AvgIpc) is 2.86. The second-order valence-corrected chi connectivity index (χ2v) is 5.25. The number of carbonyl (C=O) groups excluding carboxylic acids is 2. The summed E-state index contributed by atoms with van der Waals surface area (Å²) in [6.45, 7) is 5.51. The number of rotatable bonds is 3. The molecule has 108 valence electrons. The van der Waals surface area contributed by atoms with E-state index in [9.17, 15) is 9.59 Å². The molecule has 1 aliphatic rings. The molecule has 5 nitrogen and oxygen atoms in total. The number of hydrogen-bond donors (Lipinski definition) is 2. The predicted molar refractivity (Wildman–Crippen MR) is 76.7 cm³/mol. The van der Waals surface area contributed by atoms with E-state index in [1.54, 1.807) is 18.2 Å². The largest absolute Gasteiger partial charge is 0.465 e. The lowest BCUT2D eigenvalue weighted by atomic mass is 9.97. The Morgan fingerprint density at radius 2 is 2.10 bits per heavy atom. The Morgan fingerprint density at radius 1 is 1.35 bits per heavy atom. The van der Waals surface area contributed by atoms with Crippen molar-refractivity contribution in [3.8, 4) is 0 Å². The molecule has 2 rings (SSSR count). The van der Waals surface area contributed by atoms with Crippen molar-refractivity contribution in [2.75, 3.05) is 25.5 Å². The van der Waals surface area contributed by atoms with Crippen LogP contribution in [0, 0.1) is 18.8 Å². The zero-order valence-corrected chi connectivity index (χ0v) is 12.0. The van der Waals surface area contributed by atoms with Crippen molar-refractivity contribution < 1.29 is 14.3 Å². The molecule has 2 N–H and O–H groups in total. The number of hydrogen-bond acceptors (Lipinski definition) is 4. The Bertz CT molecular complexity index is 528. The van der Waals surface area contributed by atoms with Gasteiger partial charge in [-0.15, -0.1) is 0 Å². The SMILES string of the molecule is COC(=O)c1ccc(C)c(NC(=O)[C@@H]2CNC[C@H]2C)c1. The first-order valence-corrected chi connectivity index (χ1v) is 6.73. The average molecular weight is 276 g/mol. The number of esters is 1. The zero-order valence-electron chi connectivity index (χ0n) is 12.0. The quantitative estimate of drug-likeness (QED) is 0.822. The van der Waals surface area contributed by atoms with Crippen molar-refractivity contribution in [2.45, 2.75) is 13.8 Å². The minimum Gasteiger partial charge on any atom is -0.465 e. The second kappa shape index (κ2) is 6.05. The topological polar surface area (TPSA) is 67.4 Å². The normalized spacial score (nSPS) is 21.6. The van der Waals surface area contributed by atoms with Crippen molar-refractivity contribution in [3.63, 3.8) is 0 Å². The minimum absolute atomic E-state index is 0.00684. The first-order valence-electron chi connectivity index (χ1n) is 6.73. The first kappa shape index (κ1) is 14.5. The fourth-order valence-corrected chi connectivity index (χ4v) is 2.39. The molecule has 0 bridgehead atoms. The third-order valence-electron chi connectivity index (χ3n) is 3.77. The molecule has 0 radical (unpaired) electrons. The number of nitrogens with one attached hydrogen (secondary N) is 2. The van der Waals surface area contributed by atoms with Gasteiger partial charge in [0.25, 0.3) is 0 Å². The number of ether oxygens (including phenoxy) is 1. The highest BCUT2D eigenvalue weighted by atomic mass is 16.5. The molecule has 0 aromatic heterocycles. The van der Waals surface area contributed by atoms with Gasteiger partial charge in [-0.2, -0.15) is 0 Å². The second-order valence-electron chi connectivity index (χ2n) is 5.25. The summed E-state index contributed by atoms with van der Waals surface area (Å²) in [6, 6.07) is 5.15. The molecule has 0 unspecified atom stereocenters. The first-order chi connectivity index (χ1) is 9.52. The molecule has 1 aromatic rings. The van der Waals surface area contributed by atoms with Gasteiger partial charge in [-0.1, -0.05) is 13.0 Å². The van der Waals surface area contributed by atoms with E-state index in [1.807, 2.05) is 6.92 Å². The maximum atomic E-state index is 12.3. The Kier molecular flexibility index (Phi) is 4.39.